The van der Waals surface area contributed by atoms with Gasteiger partial charge in [-0.2, -0.15) is 0 Å². The van der Waals surface area contributed by atoms with Gasteiger partial charge in [-0.05, 0) is 24.6 Å². The quantitative estimate of drug-likeness (QED) is 0.815. The predicted octanol–water partition coefficient (Wildman–Crippen LogP) is 2.30. The summed E-state index contributed by atoms with van der Waals surface area (Å²) >= 11 is 0. The molecular formula is C14H21N3O. The van der Waals surface area contributed by atoms with Gasteiger partial charge in [0, 0.05) is 17.6 Å². The van der Waals surface area contributed by atoms with Crippen molar-refractivity contribution in [3.63, 3.8) is 0 Å². The van der Waals surface area contributed by atoms with E-state index in [1.807, 2.05) is 32.0 Å². The molecule has 18 heavy (non-hydrogen) atoms. The zero-order chi connectivity index (χ0) is 13.3. The number of hydrogen-bond acceptors (Lipinski definition) is 3. The SMILES string of the molecule is CCCn1c(C(C)(C)CO)nc2ccc(N)cc21. The topological polar surface area (TPSA) is 64.1 Å². The van der Waals surface area contributed by atoms with Crippen LogP contribution >= 0.6 is 0 Å². The van der Waals surface area contributed by atoms with Crippen molar-refractivity contribution in [1.82, 2.24) is 9.55 Å². The third kappa shape index (κ3) is 2.08. The average molecular weight is 247 g/mol. The first-order valence-electron chi connectivity index (χ1n) is 6.36. The molecule has 0 spiro atoms. The predicted molar refractivity (Wildman–Crippen MR) is 74.5 cm³/mol. The minimum Gasteiger partial charge on any atom is -0.399 e. The molecule has 0 aliphatic heterocycles. The standard InChI is InChI=1S/C14H21N3O/c1-4-7-17-12-8-10(15)5-6-11(12)16-13(17)14(2,3)9-18/h5-6,8,18H,4,7,9,15H2,1-3H3. The molecule has 0 amide bonds. The van der Waals surface area contributed by atoms with Crippen LogP contribution in [0, 0.1) is 0 Å². The van der Waals surface area contributed by atoms with Crippen LogP contribution in [-0.2, 0) is 12.0 Å². The van der Waals surface area contributed by atoms with Crippen molar-refractivity contribution in [1.29, 1.82) is 0 Å². The Labute approximate surface area is 107 Å². The summed E-state index contributed by atoms with van der Waals surface area (Å²) in [6.45, 7) is 7.11. The summed E-state index contributed by atoms with van der Waals surface area (Å²) in [5.74, 6) is 0.924. The normalized spacial score (nSPS) is 12.2. The fraction of sp³-hybridized carbons (Fsp3) is 0.500. The van der Waals surface area contributed by atoms with Gasteiger partial charge in [0.15, 0.2) is 0 Å². The molecule has 0 atom stereocenters. The molecular weight excluding hydrogens is 226 g/mol. The van der Waals surface area contributed by atoms with E-state index in [0.717, 1.165) is 35.5 Å². The number of imidazole rings is 1. The zero-order valence-corrected chi connectivity index (χ0v) is 11.3. The van der Waals surface area contributed by atoms with Crippen molar-refractivity contribution >= 4 is 16.7 Å². The largest absolute Gasteiger partial charge is 0.399 e. The minimum atomic E-state index is -0.344. The van der Waals surface area contributed by atoms with Gasteiger partial charge in [0.25, 0.3) is 0 Å². The second-order valence-corrected chi connectivity index (χ2v) is 5.38. The second kappa shape index (κ2) is 4.61. The molecule has 0 saturated carbocycles. The van der Waals surface area contributed by atoms with Gasteiger partial charge in [0.2, 0.25) is 0 Å². The van der Waals surface area contributed by atoms with Gasteiger partial charge in [-0.1, -0.05) is 20.8 Å². The number of nitrogens with zero attached hydrogens (tertiary/aromatic N) is 2. The number of benzene rings is 1. The highest BCUT2D eigenvalue weighted by molar-refractivity contribution is 5.80. The van der Waals surface area contributed by atoms with E-state index in [1.54, 1.807) is 0 Å². The van der Waals surface area contributed by atoms with Crippen molar-refractivity contribution in [3.8, 4) is 0 Å². The smallest absolute Gasteiger partial charge is 0.117 e. The lowest BCUT2D eigenvalue weighted by atomic mass is 9.93. The van der Waals surface area contributed by atoms with Gasteiger partial charge in [0.1, 0.15) is 5.82 Å². The van der Waals surface area contributed by atoms with Crippen molar-refractivity contribution in [2.75, 3.05) is 12.3 Å². The van der Waals surface area contributed by atoms with Gasteiger partial charge in [-0.25, -0.2) is 4.98 Å². The van der Waals surface area contributed by atoms with Crippen LogP contribution in [0.5, 0.6) is 0 Å². The van der Waals surface area contributed by atoms with Crippen molar-refractivity contribution in [2.45, 2.75) is 39.2 Å². The molecule has 1 aromatic heterocycles. The van der Waals surface area contributed by atoms with E-state index >= 15 is 0 Å². The van der Waals surface area contributed by atoms with E-state index < -0.39 is 0 Å². The van der Waals surface area contributed by atoms with E-state index in [2.05, 4.69) is 16.5 Å². The lowest BCUT2D eigenvalue weighted by molar-refractivity contribution is 0.208. The first-order valence-corrected chi connectivity index (χ1v) is 6.36. The summed E-state index contributed by atoms with van der Waals surface area (Å²) in [5.41, 5.74) is 8.24. The van der Waals surface area contributed by atoms with Crippen LogP contribution in [-0.4, -0.2) is 21.3 Å². The first-order chi connectivity index (χ1) is 8.49. The summed E-state index contributed by atoms with van der Waals surface area (Å²) in [7, 11) is 0. The molecule has 4 nitrogen and oxygen atoms in total. The number of hydrogen-bond donors (Lipinski definition) is 2. The van der Waals surface area contributed by atoms with E-state index in [0.29, 0.717) is 0 Å². The molecule has 3 N–H and O–H groups in total. The molecule has 0 unspecified atom stereocenters. The third-order valence-electron chi connectivity index (χ3n) is 3.22. The maximum Gasteiger partial charge on any atom is 0.117 e. The van der Waals surface area contributed by atoms with Gasteiger partial charge < -0.3 is 15.4 Å². The summed E-state index contributed by atoms with van der Waals surface area (Å²) < 4.78 is 2.17. The van der Waals surface area contributed by atoms with Crippen LogP contribution in [0.1, 0.15) is 33.0 Å². The Morgan fingerprint density at radius 1 is 1.39 bits per heavy atom. The maximum absolute atomic E-state index is 9.54. The lowest BCUT2D eigenvalue weighted by Gasteiger charge is -2.22. The molecule has 0 radical (unpaired) electrons. The Bertz CT molecular complexity index is 557. The highest BCUT2D eigenvalue weighted by atomic mass is 16.3. The number of aliphatic hydroxyl groups is 1. The van der Waals surface area contributed by atoms with Crippen molar-refractivity contribution in [3.05, 3.63) is 24.0 Å². The number of aryl methyl sites for hydroxylation is 1. The first kappa shape index (κ1) is 12.9. The van der Waals surface area contributed by atoms with E-state index in [1.165, 1.54) is 0 Å². The molecule has 0 aliphatic carbocycles. The number of anilines is 1. The Morgan fingerprint density at radius 3 is 2.72 bits per heavy atom. The Morgan fingerprint density at radius 2 is 2.11 bits per heavy atom. The summed E-state index contributed by atoms with van der Waals surface area (Å²) in [6, 6.07) is 5.75. The second-order valence-electron chi connectivity index (χ2n) is 5.38. The average Bonchev–Trinajstić information content (AvgIpc) is 2.69. The molecule has 1 aromatic carbocycles. The summed E-state index contributed by atoms with van der Waals surface area (Å²) in [6.07, 6.45) is 1.02. The van der Waals surface area contributed by atoms with Gasteiger partial charge in [0.05, 0.1) is 17.6 Å². The lowest BCUT2D eigenvalue weighted by Crippen LogP contribution is -2.27. The van der Waals surface area contributed by atoms with Crippen molar-refractivity contribution < 1.29 is 5.11 Å². The Balaban J connectivity index is 2.69. The summed E-state index contributed by atoms with van der Waals surface area (Å²) in [4.78, 5) is 4.66. The van der Waals surface area contributed by atoms with E-state index in [-0.39, 0.29) is 12.0 Å². The van der Waals surface area contributed by atoms with Crippen LogP contribution < -0.4 is 5.73 Å². The van der Waals surface area contributed by atoms with Gasteiger partial charge in [-0.3, -0.25) is 0 Å². The Hall–Kier alpha value is -1.55. The molecule has 4 heteroatoms. The third-order valence-corrected chi connectivity index (χ3v) is 3.22. The summed E-state index contributed by atoms with van der Waals surface area (Å²) in [5, 5.41) is 9.54. The number of nitrogens with two attached hydrogens (primary N) is 1. The van der Waals surface area contributed by atoms with Crippen LogP contribution in [0.3, 0.4) is 0 Å². The maximum atomic E-state index is 9.54. The molecule has 98 valence electrons. The zero-order valence-electron chi connectivity index (χ0n) is 11.3. The highest BCUT2D eigenvalue weighted by Crippen LogP contribution is 2.27. The Kier molecular flexibility index (Phi) is 3.30. The van der Waals surface area contributed by atoms with Crippen LogP contribution in [0.25, 0.3) is 11.0 Å². The number of nitrogen functional groups attached to an aromatic ring is 1. The van der Waals surface area contributed by atoms with Gasteiger partial charge >= 0.3 is 0 Å². The van der Waals surface area contributed by atoms with Crippen LogP contribution in [0.4, 0.5) is 5.69 Å². The molecule has 0 bridgehead atoms. The fourth-order valence-electron chi connectivity index (χ4n) is 2.18. The number of aliphatic hydroxyl groups excluding tert-OH is 1. The van der Waals surface area contributed by atoms with Crippen LogP contribution in [0.2, 0.25) is 0 Å². The van der Waals surface area contributed by atoms with E-state index in [4.69, 9.17) is 5.73 Å². The van der Waals surface area contributed by atoms with E-state index in [9.17, 15) is 5.11 Å². The molecule has 0 saturated heterocycles. The van der Waals surface area contributed by atoms with Crippen LogP contribution in [0.15, 0.2) is 18.2 Å². The number of aromatic nitrogens is 2. The fourth-order valence-corrected chi connectivity index (χ4v) is 2.18. The monoisotopic (exact) mass is 247 g/mol. The molecule has 0 aliphatic rings. The number of fused-ring (bicyclic) bond motifs is 1. The minimum absolute atomic E-state index is 0.0789. The number of rotatable bonds is 4. The van der Waals surface area contributed by atoms with Crippen molar-refractivity contribution in [2.24, 2.45) is 0 Å². The van der Waals surface area contributed by atoms with Gasteiger partial charge in [-0.15, -0.1) is 0 Å². The highest BCUT2D eigenvalue weighted by Gasteiger charge is 2.26. The molecule has 1 heterocycles. The molecule has 2 aromatic rings. The molecule has 0 fully saturated rings. The molecule has 2 rings (SSSR count).